The van der Waals surface area contributed by atoms with Crippen molar-refractivity contribution < 1.29 is 4.74 Å². The molecule has 0 atom stereocenters. The summed E-state index contributed by atoms with van der Waals surface area (Å²) < 4.78 is 5.39. The van der Waals surface area contributed by atoms with Crippen LogP contribution in [0.25, 0.3) is 11.3 Å². The topological polar surface area (TPSA) is 49.9 Å². The molecule has 1 fully saturated rings. The third kappa shape index (κ3) is 2.97. The monoisotopic (exact) mass is 293 g/mol. The first kappa shape index (κ1) is 14.9. The number of piperidine rings is 1. The van der Waals surface area contributed by atoms with E-state index in [9.17, 15) is 0 Å². The predicted octanol–water partition coefficient (Wildman–Crippen LogP) is 2.97. The minimum absolute atomic E-state index is 0. The van der Waals surface area contributed by atoms with Crippen LogP contribution in [-0.2, 0) is 0 Å². The minimum atomic E-state index is 0. The van der Waals surface area contributed by atoms with Crippen LogP contribution in [0.1, 0.15) is 24.5 Å². The van der Waals surface area contributed by atoms with Gasteiger partial charge in [0.25, 0.3) is 0 Å². The lowest BCUT2D eigenvalue weighted by atomic mass is 9.94. The zero-order chi connectivity index (χ0) is 13.1. The number of hydrogen-bond acceptors (Lipinski definition) is 3. The molecule has 108 valence electrons. The molecule has 3 rings (SSSR count). The minimum Gasteiger partial charge on any atom is -0.496 e. The fraction of sp³-hybridized carbons (Fsp3) is 0.400. The maximum Gasteiger partial charge on any atom is 0.128 e. The second-order valence-corrected chi connectivity index (χ2v) is 4.93. The molecule has 0 bridgehead atoms. The molecular weight excluding hydrogens is 274 g/mol. The van der Waals surface area contributed by atoms with Crippen molar-refractivity contribution in [2.45, 2.75) is 18.8 Å². The number of rotatable bonds is 3. The first-order valence-electron chi connectivity index (χ1n) is 6.78. The number of nitrogens with one attached hydrogen (secondary N) is 2. The van der Waals surface area contributed by atoms with Gasteiger partial charge in [0.1, 0.15) is 5.75 Å². The quantitative estimate of drug-likeness (QED) is 0.915. The highest BCUT2D eigenvalue weighted by Gasteiger charge is 2.18. The number of para-hydroxylation sites is 1. The van der Waals surface area contributed by atoms with E-state index < -0.39 is 0 Å². The lowest BCUT2D eigenvalue weighted by molar-refractivity contribution is 0.416. The molecule has 1 aliphatic heterocycles. The first-order valence-corrected chi connectivity index (χ1v) is 6.78. The summed E-state index contributed by atoms with van der Waals surface area (Å²) in [7, 11) is 1.69. The fourth-order valence-electron chi connectivity index (χ4n) is 2.67. The SMILES string of the molecule is COc1ccccc1-c1cc(C2CCNCC2)[nH]n1.Cl. The Morgan fingerprint density at radius 1 is 1.20 bits per heavy atom. The molecule has 0 unspecified atom stereocenters. The van der Waals surface area contributed by atoms with Crippen LogP contribution in [0, 0.1) is 0 Å². The maximum absolute atomic E-state index is 5.39. The zero-order valence-electron chi connectivity index (χ0n) is 11.6. The van der Waals surface area contributed by atoms with Crippen LogP contribution in [0.2, 0.25) is 0 Å². The number of halogens is 1. The predicted molar refractivity (Wildman–Crippen MR) is 82.7 cm³/mol. The van der Waals surface area contributed by atoms with Crippen molar-refractivity contribution in [3.05, 3.63) is 36.0 Å². The molecule has 1 aromatic carbocycles. The summed E-state index contributed by atoms with van der Waals surface area (Å²) in [6, 6.07) is 10.2. The standard InChI is InChI=1S/C15H19N3O.ClH/c1-19-15-5-3-2-4-12(15)14-10-13(17-18-14)11-6-8-16-9-7-11;/h2-5,10-11,16H,6-9H2,1H3,(H,17,18);1H. The molecular formula is C15H20ClN3O. The number of benzene rings is 1. The summed E-state index contributed by atoms with van der Waals surface area (Å²) >= 11 is 0. The van der Waals surface area contributed by atoms with Gasteiger partial charge in [-0.25, -0.2) is 0 Å². The van der Waals surface area contributed by atoms with Crippen molar-refractivity contribution in [1.29, 1.82) is 0 Å². The van der Waals surface area contributed by atoms with Crippen LogP contribution in [0.3, 0.4) is 0 Å². The van der Waals surface area contributed by atoms with E-state index in [0.29, 0.717) is 5.92 Å². The van der Waals surface area contributed by atoms with Gasteiger partial charge < -0.3 is 10.1 Å². The molecule has 2 N–H and O–H groups in total. The number of aromatic nitrogens is 2. The Morgan fingerprint density at radius 3 is 2.70 bits per heavy atom. The second kappa shape index (κ2) is 6.77. The van der Waals surface area contributed by atoms with Crippen molar-refractivity contribution in [1.82, 2.24) is 15.5 Å². The molecule has 0 amide bonds. The third-order valence-electron chi connectivity index (χ3n) is 3.76. The summed E-state index contributed by atoms with van der Waals surface area (Å²) in [6.07, 6.45) is 2.35. The summed E-state index contributed by atoms with van der Waals surface area (Å²) in [5.41, 5.74) is 3.25. The van der Waals surface area contributed by atoms with Crippen LogP contribution >= 0.6 is 12.4 Å². The van der Waals surface area contributed by atoms with Crippen LogP contribution in [0.15, 0.2) is 30.3 Å². The van der Waals surface area contributed by atoms with E-state index in [1.807, 2.05) is 24.3 Å². The molecule has 2 aromatic rings. The van der Waals surface area contributed by atoms with Gasteiger partial charge in [-0.05, 0) is 44.1 Å². The van der Waals surface area contributed by atoms with E-state index in [1.165, 1.54) is 18.5 Å². The Morgan fingerprint density at radius 2 is 1.95 bits per heavy atom. The Labute approximate surface area is 125 Å². The average Bonchev–Trinajstić information content (AvgIpc) is 2.98. The molecule has 0 aliphatic carbocycles. The van der Waals surface area contributed by atoms with Crippen molar-refractivity contribution in [2.75, 3.05) is 20.2 Å². The molecule has 0 spiro atoms. The molecule has 0 radical (unpaired) electrons. The van der Waals surface area contributed by atoms with Gasteiger partial charge in [0.05, 0.1) is 12.8 Å². The molecule has 1 saturated heterocycles. The zero-order valence-corrected chi connectivity index (χ0v) is 12.4. The lowest BCUT2D eigenvalue weighted by Crippen LogP contribution is -2.26. The third-order valence-corrected chi connectivity index (χ3v) is 3.76. The van der Waals surface area contributed by atoms with Gasteiger partial charge in [0, 0.05) is 17.2 Å². The van der Waals surface area contributed by atoms with Gasteiger partial charge in [-0.3, -0.25) is 5.10 Å². The lowest BCUT2D eigenvalue weighted by Gasteiger charge is -2.20. The number of aromatic amines is 1. The average molecular weight is 294 g/mol. The van der Waals surface area contributed by atoms with Crippen LogP contribution in [0.4, 0.5) is 0 Å². The van der Waals surface area contributed by atoms with Gasteiger partial charge in [0.15, 0.2) is 0 Å². The molecule has 1 aliphatic rings. The highest BCUT2D eigenvalue weighted by molar-refractivity contribution is 5.85. The molecule has 5 heteroatoms. The van der Waals surface area contributed by atoms with Gasteiger partial charge in [-0.1, -0.05) is 12.1 Å². The molecule has 2 heterocycles. The van der Waals surface area contributed by atoms with E-state index in [2.05, 4.69) is 21.6 Å². The number of H-pyrrole nitrogens is 1. The Balaban J connectivity index is 0.00000147. The maximum atomic E-state index is 5.39. The summed E-state index contributed by atoms with van der Waals surface area (Å²) in [6.45, 7) is 2.18. The van der Waals surface area contributed by atoms with E-state index in [0.717, 1.165) is 30.1 Å². The van der Waals surface area contributed by atoms with Crippen LogP contribution in [0.5, 0.6) is 5.75 Å². The van der Waals surface area contributed by atoms with Crippen LogP contribution in [-0.4, -0.2) is 30.4 Å². The van der Waals surface area contributed by atoms with Crippen molar-refractivity contribution in [2.24, 2.45) is 0 Å². The van der Waals surface area contributed by atoms with E-state index >= 15 is 0 Å². The molecule has 1 aromatic heterocycles. The van der Waals surface area contributed by atoms with Gasteiger partial charge in [0.2, 0.25) is 0 Å². The Bertz CT molecular complexity index is 550. The Kier molecular flexibility index (Phi) is 5.04. The summed E-state index contributed by atoms with van der Waals surface area (Å²) in [5, 5.41) is 11.0. The van der Waals surface area contributed by atoms with Gasteiger partial charge in [-0.2, -0.15) is 5.10 Å². The smallest absolute Gasteiger partial charge is 0.128 e. The van der Waals surface area contributed by atoms with Gasteiger partial charge in [-0.15, -0.1) is 12.4 Å². The normalized spacial score (nSPS) is 15.7. The Hall–Kier alpha value is -1.52. The molecule has 20 heavy (non-hydrogen) atoms. The van der Waals surface area contributed by atoms with Crippen molar-refractivity contribution in [3.8, 4) is 17.0 Å². The highest BCUT2D eigenvalue weighted by atomic mass is 35.5. The number of ether oxygens (including phenoxy) is 1. The van der Waals surface area contributed by atoms with Crippen molar-refractivity contribution >= 4 is 12.4 Å². The van der Waals surface area contributed by atoms with E-state index in [4.69, 9.17) is 4.74 Å². The van der Waals surface area contributed by atoms with E-state index in [1.54, 1.807) is 7.11 Å². The number of nitrogens with zero attached hydrogens (tertiary/aromatic N) is 1. The fourth-order valence-corrected chi connectivity index (χ4v) is 2.67. The van der Waals surface area contributed by atoms with Gasteiger partial charge >= 0.3 is 0 Å². The summed E-state index contributed by atoms with van der Waals surface area (Å²) in [4.78, 5) is 0. The molecule has 0 saturated carbocycles. The number of methoxy groups -OCH3 is 1. The molecule has 4 nitrogen and oxygen atoms in total. The number of hydrogen-bond donors (Lipinski definition) is 2. The summed E-state index contributed by atoms with van der Waals surface area (Å²) in [5.74, 6) is 1.46. The van der Waals surface area contributed by atoms with Crippen molar-refractivity contribution in [3.63, 3.8) is 0 Å². The second-order valence-electron chi connectivity index (χ2n) is 4.93. The highest BCUT2D eigenvalue weighted by Crippen LogP contribution is 2.31. The van der Waals surface area contributed by atoms with E-state index in [-0.39, 0.29) is 12.4 Å². The largest absolute Gasteiger partial charge is 0.496 e. The van der Waals surface area contributed by atoms with Crippen LogP contribution < -0.4 is 10.1 Å². The first-order chi connectivity index (χ1) is 9.38.